The Bertz CT molecular complexity index is 1140. The van der Waals surface area contributed by atoms with Crippen LogP contribution in [0.15, 0.2) is 65.5 Å². The summed E-state index contributed by atoms with van der Waals surface area (Å²) in [5, 5.41) is 4.32. The van der Waals surface area contributed by atoms with Crippen LogP contribution >= 0.6 is 0 Å². The van der Waals surface area contributed by atoms with E-state index in [2.05, 4.69) is 10.00 Å². The quantitative estimate of drug-likeness (QED) is 0.592. The van der Waals surface area contributed by atoms with Gasteiger partial charge >= 0.3 is 0 Å². The molecule has 3 aromatic rings. The molecule has 0 radical (unpaired) electrons. The SMILES string of the molecule is COc1ccc(OC)c(CN2CCN(C(=O)c3ccc(=O)n(-c4ccccc4)n3)CC2)c1. The van der Waals surface area contributed by atoms with E-state index in [4.69, 9.17) is 9.47 Å². The fraction of sp³-hybridized carbons (Fsp3) is 0.292. The Labute approximate surface area is 186 Å². The molecule has 1 amide bonds. The second kappa shape index (κ2) is 9.65. The van der Waals surface area contributed by atoms with E-state index in [0.717, 1.165) is 30.2 Å². The van der Waals surface area contributed by atoms with Crippen LogP contribution < -0.4 is 15.0 Å². The predicted molar refractivity (Wildman–Crippen MR) is 121 cm³/mol. The molecule has 1 saturated heterocycles. The number of methoxy groups -OCH3 is 2. The van der Waals surface area contributed by atoms with Crippen molar-refractivity contribution in [1.82, 2.24) is 19.6 Å². The number of piperazine rings is 1. The van der Waals surface area contributed by atoms with Gasteiger partial charge in [-0.25, -0.2) is 0 Å². The summed E-state index contributed by atoms with van der Waals surface area (Å²) in [6.45, 7) is 3.32. The van der Waals surface area contributed by atoms with Gasteiger partial charge in [0, 0.05) is 44.4 Å². The van der Waals surface area contributed by atoms with E-state index in [1.165, 1.54) is 16.8 Å². The molecule has 8 heteroatoms. The number of rotatable bonds is 6. The van der Waals surface area contributed by atoms with Gasteiger partial charge in [-0.3, -0.25) is 14.5 Å². The highest BCUT2D eigenvalue weighted by Gasteiger charge is 2.24. The van der Waals surface area contributed by atoms with Gasteiger partial charge in [-0.1, -0.05) is 18.2 Å². The second-order valence-corrected chi connectivity index (χ2v) is 7.55. The average molecular weight is 434 g/mol. The van der Waals surface area contributed by atoms with Crippen LogP contribution in [0.5, 0.6) is 11.5 Å². The summed E-state index contributed by atoms with van der Waals surface area (Å²) in [5.41, 5.74) is 1.66. The molecule has 1 aliphatic heterocycles. The maximum atomic E-state index is 13.0. The lowest BCUT2D eigenvalue weighted by Gasteiger charge is -2.34. The zero-order chi connectivity index (χ0) is 22.5. The van der Waals surface area contributed by atoms with E-state index in [1.54, 1.807) is 31.3 Å². The highest BCUT2D eigenvalue weighted by Crippen LogP contribution is 2.25. The minimum atomic E-state index is -0.273. The molecule has 2 heterocycles. The molecule has 32 heavy (non-hydrogen) atoms. The molecule has 0 atom stereocenters. The van der Waals surface area contributed by atoms with Gasteiger partial charge in [-0.05, 0) is 36.4 Å². The van der Waals surface area contributed by atoms with Gasteiger partial charge in [0.2, 0.25) is 0 Å². The smallest absolute Gasteiger partial charge is 0.274 e. The maximum Gasteiger partial charge on any atom is 0.274 e. The van der Waals surface area contributed by atoms with Crippen molar-refractivity contribution < 1.29 is 14.3 Å². The summed E-state index contributed by atoms with van der Waals surface area (Å²) in [6, 6.07) is 17.7. The zero-order valence-electron chi connectivity index (χ0n) is 18.2. The first-order chi connectivity index (χ1) is 15.6. The monoisotopic (exact) mass is 434 g/mol. The molecule has 1 aromatic heterocycles. The van der Waals surface area contributed by atoms with E-state index >= 15 is 0 Å². The molecule has 0 spiro atoms. The summed E-state index contributed by atoms with van der Waals surface area (Å²) >= 11 is 0. The fourth-order valence-electron chi connectivity index (χ4n) is 3.80. The minimum Gasteiger partial charge on any atom is -0.497 e. The van der Waals surface area contributed by atoms with Crippen LogP contribution in [0, 0.1) is 0 Å². The molecule has 4 rings (SSSR count). The van der Waals surface area contributed by atoms with Crippen molar-refractivity contribution in [2.75, 3.05) is 40.4 Å². The van der Waals surface area contributed by atoms with Gasteiger partial charge in [-0.2, -0.15) is 9.78 Å². The molecular formula is C24H26N4O4. The number of carbonyl (C=O) groups excluding carboxylic acids is 1. The molecule has 1 fully saturated rings. The molecule has 166 valence electrons. The van der Waals surface area contributed by atoms with Crippen molar-refractivity contribution in [2.24, 2.45) is 0 Å². The lowest BCUT2D eigenvalue weighted by molar-refractivity contribution is 0.0619. The number of hydrogen-bond donors (Lipinski definition) is 0. The first-order valence-electron chi connectivity index (χ1n) is 10.5. The number of carbonyl (C=O) groups is 1. The van der Waals surface area contributed by atoms with Gasteiger partial charge in [0.05, 0.1) is 19.9 Å². The van der Waals surface area contributed by atoms with Crippen LogP contribution in [-0.4, -0.2) is 65.9 Å². The predicted octanol–water partition coefficient (Wildman–Crippen LogP) is 2.21. The molecule has 8 nitrogen and oxygen atoms in total. The van der Waals surface area contributed by atoms with Crippen LogP contribution in [-0.2, 0) is 6.54 Å². The Kier molecular flexibility index (Phi) is 6.51. The summed E-state index contributed by atoms with van der Waals surface area (Å²) in [6.07, 6.45) is 0. The third kappa shape index (κ3) is 4.65. The second-order valence-electron chi connectivity index (χ2n) is 7.55. The largest absolute Gasteiger partial charge is 0.497 e. The van der Waals surface area contributed by atoms with Crippen LogP contribution in [0.1, 0.15) is 16.1 Å². The van der Waals surface area contributed by atoms with Crippen molar-refractivity contribution in [3.8, 4) is 17.2 Å². The topological polar surface area (TPSA) is 76.9 Å². The van der Waals surface area contributed by atoms with Crippen molar-refractivity contribution in [3.05, 3.63) is 82.3 Å². The van der Waals surface area contributed by atoms with E-state index in [9.17, 15) is 9.59 Å². The van der Waals surface area contributed by atoms with Crippen LogP contribution in [0.2, 0.25) is 0 Å². The number of benzene rings is 2. The van der Waals surface area contributed by atoms with E-state index in [-0.39, 0.29) is 17.2 Å². The van der Waals surface area contributed by atoms with Crippen molar-refractivity contribution >= 4 is 5.91 Å². The van der Waals surface area contributed by atoms with Crippen molar-refractivity contribution in [2.45, 2.75) is 6.54 Å². The molecule has 0 unspecified atom stereocenters. The third-order valence-corrected chi connectivity index (χ3v) is 5.56. The van der Waals surface area contributed by atoms with Gasteiger partial charge in [0.15, 0.2) is 0 Å². The number of ether oxygens (including phenoxy) is 2. The Morgan fingerprint density at radius 3 is 2.38 bits per heavy atom. The lowest BCUT2D eigenvalue weighted by atomic mass is 10.1. The number of para-hydroxylation sites is 1. The van der Waals surface area contributed by atoms with Gasteiger partial charge in [0.1, 0.15) is 17.2 Å². The molecule has 0 bridgehead atoms. The Morgan fingerprint density at radius 2 is 1.69 bits per heavy atom. The fourth-order valence-corrected chi connectivity index (χ4v) is 3.80. The van der Waals surface area contributed by atoms with Gasteiger partial charge in [0.25, 0.3) is 11.5 Å². The van der Waals surface area contributed by atoms with Gasteiger partial charge in [-0.15, -0.1) is 0 Å². The first kappa shape index (κ1) is 21.6. The molecule has 0 saturated carbocycles. The highest BCUT2D eigenvalue weighted by atomic mass is 16.5. The van der Waals surface area contributed by atoms with Crippen LogP contribution in [0.3, 0.4) is 0 Å². The summed E-state index contributed by atoms with van der Waals surface area (Å²) in [7, 11) is 3.30. The Hall–Kier alpha value is -3.65. The zero-order valence-corrected chi connectivity index (χ0v) is 18.2. The third-order valence-electron chi connectivity index (χ3n) is 5.56. The van der Waals surface area contributed by atoms with E-state index in [1.807, 2.05) is 36.4 Å². The minimum absolute atomic E-state index is 0.173. The van der Waals surface area contributed by atoms with E-state index in [0.29, 0.717) is 25.3 Å². The number of amides is 1. The van der Waals surface area contributed by atoms with Crippen molar-refractivity contribution in [1.29, 1.82) is 0 Å². The lowest BCUT2D eigenvalue weighted by Crippen LogP contribution is -2.48. The molecule has 0 aliphatic carbocycles. The first-order valence-corrected chi connectivity index (χ1v) is 10.5. The molecule has 0 N–H and O–H groups in total. The van der Waals surface area contributed by atoms with Crippen LogP contribution in [0.4, 0.5) is 0 Å². The Balaban J connectivity index is 1.43. The molecule has 2 aromatic carbocycles. The van der Waals surface area contributed by atoms with E-state index < -0.39 is 0 Å². The standard InChI is InChI=1S/C24H26N4O4/c1-31-20-8-10-22(32-2)18(16-20)17-26-12-14-27(15-13-26)24(30)21-9-11-23(29)28(25-21)19-6-4-3-5-7-19/h3-11,16H,12-15,17H2,1-2H3. The number of hydrogen-bond acceptors (Lipinski definition) is 6. The maximum absolute atomic E-state index is 13.0. The van der Waals surface area contributed by atoms with Gasteiger partial charge < -0.3 is 14.4 Å². The molecule has 1 aliphatic rings. The molecular weight excluding hydrogens is 408 g/mol. The Morgan fingerprint density at radius 1 is 0.938 bits per heavy atom. The average Bonchev–Trinajstić information content (AvgIpc) is 2.85. The highest BCUT2D eigenvalue weighted by molar-refractivity contribution is 5.92. The van der Waals surface area contributed by atoms with Crippen molar-refractivity contribution in [3.63, 3.8) is 0 Å². The summed E-state index contributed by atoms with van der Waals surface area (Å²) in [4.78, 5) is 29.3. The number of aromatic nitrogens is 2. The summed E-state index contributed by atoms with van der Waals surface area (Å²) < 4.78 is 12.1. The normalized spacial score (nSPS) is 14.2. The number of nitrogens with zero attached hydrogens (tertiary/aromatic N) is 4. The summed E-state index contributed by atoms with van der Waals surface area (Å²) in [5.74, 6) is 1.43. The van der Waals surface area contributed by atoms with Crippen LogP contribution in [0.25, 0.3) is 5.69 Å².